The summed E-state index contributed by atoms with van der Waals surface area (Å²) in [6.07, 6.45) is -1.16. The van der Waals surface area contributed by atoms with Crippen molar-refractivity contribution in [2.45, 2.75) is 69.9 Å². The van der Waals surface area contributed by atoms with Crippen LogP contribution >= 0.6 is 11.6 Å². The number of carbonyl (C=O) groups excluding carboxylic acids is 2. The van der Waals surface area contributed by atoms with Gasteiger partial charge in [-0.15, -0.1) is 0 Å². The van der Waals surface area contributed by atoms with Crippen LogP contribution in [0.25, 0.3) is 0 Å². The molecule has 0 saturated carbocycles. The molecule has 11 nitrogen and oxygen atoms in total. The highest BCUT2D eigenvalue weighted by atomic mass is 35.5. The third kappa shape index (κ3) is 9.47. The molecule has 14 heteroatoms. The van der Waals surface area contributed by atoms with Crippen LogP contribution in [-0.4, -0.2) is 80.9 Å². The van der Waals surface area contributed by atoms with Gasteiger partial charge in [0.1, 0.15) is 41.4 Å². The van der Waals surface area contributed by atoms with E-state index >= 15 is 0 Å². The van der Waals surface area contributed by atoms with Gasteiger partial charge >= 0.3 is 11.9 Å². The first kappa shape index (κ1) is 40.1. The molecule has 0 aromatic heterocycles. The Bertz CT molecular complexity index is 1940. The maximum Gasteiger partial charge on any atom is 0.337 e. The van der Waals surface area contributed by atoms with Gasteiger partial charge in [-0.25, -0.2) is 18.4 Å². The lowest BCUT2D eigenvalue weighted by molar-refractivity contribution is -0.150. The van der Waals surface area contributed by atoms with E-state index in [0.29, 0.717) is 64.7 Å². The topological polar surface area (TPSA) is 151 Å². The van der Waals surface area contributed by atoms with Crippen LogP contribution in [0.15, 0.2) is 83.2 Å². The Kier molecular flexibility index (Phi) is 13.4. The molecule has 55 heavy (non-hydrogen) atoms. The molecule has 6 rings (SSSR count). The number of ether oxygens (including phenoxy) is 5. The highest BCUT2D eigenvalue weighted by molar-refractivity contribution is 6.31. The number of fused-ring (bicyclic) bond motifs is 2. The minimum absolute atomic E-state index is 0.00998. The number of aliphatic hydroxyl groups is 1. The number of aliphatic hydroxyl groups excluding tert-OH is 1. The van der Waals surface area contributed by atoms with Crippen LogP contribution < -0.4 is 25.8 Å². The van der Waals surface area contributed by atoms with E-state index in [4.69, 9.17) is 41.0 Å². The zero-order valence-electron chi connectivity index (χ0n) is 30.7. The summed E-state index contributed by atoms with van der Waals surface area (Å²) < 4.78 is 57.7. The molecular formula is C41H46ClF2N3O8. The van der Waals surface area contributed by atoms with Crippen LogP contribution in [0.3, 0.4) is 0 Å². The Hall–Kier alpha value is -4.53. The number of esters is 2. The van der Waals surface area contributed by atoms with Crippen molar-refractivity contribution in [1.82, 2.24) is 10.6 Å². The van der Waals surface area contributed by atoms with E-state index < -0.39 is 42.3 Å². The molecule has 0 spiro atoms. The molecule has 0 radical (unpaired) electrons. The second-order valence-corrected chi connectivity index (χ2v) is 14.0. The van der Waals surface area contributed by atoms with Gasteiger partial charge in [-0.2, -0.15) is 0 Å². The fourth-order valence-corrected chi connectivity index (χ4v) is 7.50. The molecule has 3 aliphatic rings. The number of benzene rings is 3. The second kappa shape index (κ2) is 18.4. The molecule has 5 N–H and O–H groups in total. The van der Waals surface area contributed by atoms with E-state index in [-0.39, 0.29) is 62.2 Å². The van der Waals surface area contributed by atoms with Crippen molar-refractivity contribution in [2.24, 2.45) is 5.73 Å². The normalized spacial score (nSPS) is 20.3. The Morgan fingerprint density at radius 1 is 0.964 bits per heavy atom. The molecule has 0 fully saturated rings. The summed E-state index contributed by atoms with van der Waals surface area (Å²) in [5.41, 5.74) is 8.67. The fourth-order valence-electron chi connectivity index (χ4n) is 7.25. The Morgan fingerprint density at radius 2 is 1.62 bits per heavy atom. The Labute approximate surface area is 323 Å². The molecule has 0 bridgehead atoms. The summed E-state index contributed by atoms with van der Waals surface area (Å²) in [6, 6.07) is 15.5. The average Bonchev–Trinajstić information content (AvgIpc) is 3.17. The molecule has 0 amide bonds. The smallest absolute Gasteiger partial charge is 0.337 e. The maximum absolute atomic E-state index is 14.6. The van der Waals surface area contributed by atoms with Crippen LogP contribution in [0, 0.1) is 11.6 Å². The van der Waals surface area contributed by atoms with Crippen molar-refractivity contribution in [2.75, 3.05) is 39.5 Å². The van der Waals surface area contributed by atoms with Crippen LogP contribution in [0.2, 0.25) is 5.02 Å². The first-order chi connectivity index (χ1) is 26.6. The number of hydrogen-bond acceptors (Lipinski definition) is 11. The van der Waals surface area contributed by atoms with Gasteiger partial charge in [0, 0.05) is 30.4 Å². The molecule has 0 saturated heterocycles. The maximum atomic E-state index is 14.6. The highest BCUT2D eigenvalue weighted by Gasteiger charge is 2.42. The van der Waals surface area contributed by atoms with E-state index in [2.05, 4.69) is 10.6 Å². The minimum Gasteiger partial charge on any atom is -0.487 e. The second-order valence-electron chi connectivity index (χ2n) is 13.6. The van der Waals surface area contributed by atoms with Gasteiger partial charge in [0.25, 0.3) is 0 Å². The minimum atomic E-state index is -0.996. The molecule has 1 unspecified atom stereocenters. The summed E-state index contributed by atoms with van der Waals surface area (Å²) in [5, 5.41) is 17.9. The predicted octanol–water partition coefficient (Wildman–Crippen LogP) is 5.02. The molecule has 5 atom stereocenters. The van der Waals surface area contributed by atoms with Gasteiger partial charge in [-0.1, -0.05) is 29.8 Å². The van der Waals surface area contributed by atoms with E-state index in [1.807, 2.05) is 0 Å². The summed E-state index contributed by atoms with van der Waals surface area (Å²) >= 11 is 6.76. The molecule has 0 aliphatic carbocycles. The summed E-state index contributed by atoms with van der Waals surface area (Å²) in [4.78, 5) is 28.3. The van der Waals surface area contributed by atoms with Crippen LogP contribution in [0.5, 0.6) is 11.5 Å². The number of nitrogens with two attached hydrogens (primary N) is 1. The first-order valence-electron chi connectivity index (χ1n) is 18.5. The molecule has 294 valence electrons. The van der Waals surface area contributed by atoms with Gasteiger partial charge in [0.2, 0.25) is 0 Å². The van der Waals surface area contributed by atoms with Crippen molar-refractivity contribution in [3.8, 4) is 11.5 Å². The quantitative estimate of drug-likeness (QED) is 0.122. The summed E-state index contributed by atoms with van der Waals surface area (Å²) in [5.74, 6) is -2.12. The lowest BCUT2D eigenvalue weighted by atomic mass is 9.80. The number of allylic oxidation sites excluding steroid dienone is 1. The number of hydrogen-bond donors (Lipinski definition) is 4. The third-order valence-corrected chi connectivity index (χ3v) is 10.2. The van der Waals surface area contributed by atoms with E-state index in [0.717, 1.165) is 5.56 Å². The highest BCUT2D eigenvalue weighted by Crippen LogP contribution is 2.42. The van der Waals surface area contributed by atoms with E-state index in [1.165, 1.54) is 24.3 Å². The van der Waals surface area contributed by atoms with Gasteiger partial charge in [0.05, 0.1) is 42.6 Å². The van der Waals surface area contributed by atoms with Gasteiger partial charge in [-0.05, 0) is 98.7 Å². The number of carbonyl (C=O) groups is 2. The summed E-state index contributed by atoms with van der Waals surface area (Å²) in [6.45, 7) is 4.10. The van der Waals surface area contributed by atoms with Crippen LogP contribution in [0.1, 0.15) is 49.3 Å². The zero-order chi connectivity index (χ0) is 39.1. The molecule has 3 heterocycles. The van der Waals surface area contributed by atoms with Crippen LogP contribution in [-0.2, 0) is 36.6 Å². The largest absolute Gasteiger partial charge is 0.487 e. The van der Waals surface area contributed by atoms with Crippen molar-refractivity contribution >= 4 is 23.5 Å². The van der Waals surface area contributed by atoms with Crippen LogP contribution in [0.4, 0.5) is 8.78 Å². The SMILES string of the molecule is CCOC(=O)C1=C(COCCN)NC(C)=C(C(=O)O[C@H](CNC[C@@H](O)[C@H]2CCc3cc(F)ccc3O2)[C@@H]2CCc3cc(F)ccc3O2)C1c1ccccc1Cl. The van der Waals surface area contributed by atoms with E-state index in [1.54, 1.807) is 50.2 Å². The van der Waals surface area contributed by atoms with Gasteiger partial charge in [-0.3, -0.25) is 0 Å². The Balaban J connectivity index is 1.27. The molecule has 3 aromatic rings. The number of halogens is 3. The number of rotatable bonds is 15. The Morgan fingerprint density at radius 3 is 2.27 bits per heavy atom. The average molecular weight is 782 g/mol. The standard InChI is InChI=1S/C41H46ClF2N3O8/c1-3-52-40(49)39-30(22-51-17-16-45)47-23(2)37(38(39)28-6-4-5-7-29(28)42)41(50)55-36(35-13-9-25-19-27(44)11-15-33(25)54-35)21-46-20-31(48)34-12-8-24-18-26(43)10-14-32(24)53-34/h4-7,10-11,14-15,18-19,31,34-36,38,46-48H,3,8-9,12-13,16-17,20-22,45H2,1-2H3/t31-,34-,35+,36-,38?/m1/s1. The number of nitrogens with one attached hydrogen (secondary N) is 2. The summed E-state index contributed by atoms with van der Waals surface area (Å²) in [7, 11) is 0. The van der Waals surface area contributed by atoms with E-state index in [9.17, 15) is 23.5 Å². The number of aryl methyl sites for hydroxylation is 2. The van der Waals surface area contributed by atoms with Crippen molar-refractivity contribution in [3.05, 3.63) is 117 Å². The predicted molar refractivity (Wildman–Crippen MR) is 201 cm³/mol. The third-order valence-electron chi connectivity index (χ3n) is 9.88. The molecule has 3 aliphatic heterocycles. The fraction of sp³-hybridized carbons (Fsp3) is 0.415. The first-order valence-corrected chi connectivity index (χ1v) is 18.9. The zero-order valence-corrected chi connectivity index (χ0v) is 31.5. The number of dihydropyridines is 1. The lowest BCUT2D eigenvalue weighted by Crippen LogP contribution is -2.48. The molecule has 3 aromatic carbocycles. The molecular weight excluding hydrogens is 736 g/mol. The monoisotopic (exact) mass is 781 g/mol. The van der Waals surface area contributed by atoms with Crippen molar-refractivity contribution in [3.63, 3.8) is 0 Å². The van der Waals surface area contributed by atoms with Gasteiger partial charge in [0.15, 0.2) is 6.10 Å². The van der Waals surface area contributed by atoms with Gasteiger partial charge < -0.3 is 45.2 Å². The lowest BCUT2D eigenvalue weighted by Gasteiger charge is -2.35. The van der Waals surface area contributed by atoms with Crippen molar-refractivity contribution in [1.29, 1.82) is 0 Å². The van der Waals surface area contributed by atoms with Crippen molar-refractivity contribution < 1.29 is 47.2 Å².